The summed E-state index contributed by atoms with van der Waals surface area (Å²) in [4.78, 5) is 10.9. The molecule has 0 radical (unpaired) electrons. The van der Waals surface area contributed by atoms with Crippen molar-refractivity contribution in [1.82, 2.24) is 0 Å². The van der Waals surface area contributed by atoms with E-state index in [9.17, 15) is 0 Å². The zero-order valence-corrected chi connectivity index (χ0v) is 19.2. The third-order valence-electron chi connectivity index (χ3n) is 5.22. The molecule has 2 N–H and O–H groups in total. The van der Waals surface area contributed by atoms with Crippen LogP contribution in [-0.2, 0) is 0 Å². The van der Waals surface area contributed by atoms with E-state index in [2.05, 4.69) is 80.5 Å². The van der Waals surface area contributed by atoms with Gasteiger partial charge in [0.1, 0.15) is 13.1 Å². The van der Waals surface area contributed by atoms with E-state index in [1.165, 1.54) is 0 Å². The first-order chi connectivity index (χ1) is 15.6. The van der Waals surface area contributed by atoms with Gasteiger partial charge in [0.2, 0.25) is 0 Å². The van der Waals surface area contributed by atoms with Crippen molar-refractivity contribution >= 4 is 23.8 Å². The molecular weight excluding hydrogens is 396 g/mol. The highest BCUT2D eigenvalue weighted by Gasteiger charge is 2.02. The second-order valence-corrected chi connectivity index (χ2v) is 7.75. The Bertz CT molecular complexity index is 853. The largest absolute Gasteiger partial charge is 0.374 e. The van der Waals surface area contributed by atoms with Crippen LogP contribution in [0, 0.1) is 22.7 Å². The third kappa shape index (κ3) is 9.02. The Morgan fingerprint density at radius 1 is 0.688 bits per heavy atom. The lowest BCUT2D eigenvalue weighted by Gasteiger charge is -2.17. The van der Waals surface area contributed by atoms with Crippen molar-refractivity contribution in [3.05, 3.63) is 59.7 Å². The van der Waals surface area contributed by atoms with Crippen LogP contribution in [0.1, 0.15) is 36.8 Å². The van der Waals surface area contributed by atoms with Gasteiger partial charge in [0.25, 0.3) is 0 Å². The van der Waals surface area contributed by atoms with Gasteiger partial charge in [0, 0.05) is 62.5 Å². The van der Waals surface area contributed by atoms with Crippen LogP contribution in [0.2, 0.25) is 0 Å². The van der Waals surface area contributed by atoms with Crippen LogP contribution >= 0.6 is 0 Å². The Kier molecular flexibility index (Phi) is 11.1. The summed E-state index contributed by atoms with van der Waals surface area (Å²) in [5.74, 6) is 0. The highest BCUT2D eigenvalue weighted by atomic mass is 15.1. The number of nitrogens with one attached hydrogen (secondary N) is 2. The number of hydrogen-bond donors (Lipinski definition) is 2. The molecule has 0 amide bonds. The second-order valence-electron chi connectivity index (χ2n) is 7.75. The van der Waals surface area contributed by atoms with E-state index in [0.29, 0.717) is 12.8 Å². The Morgan fingerprint density at radius 2 is 1.06 bits per heavy atom. The number of unbranched alkanes of at least 4 members (excludes halogenated alkanes) is 1. The normalized spacial score (nSPS) is 10.9. The van der Waals surface area contributed by atoms with E-state index >= 15 is 0 Å². The minimum Gasteiger partial charge on any atom is -0.374 e. The van der Waals surface area contributed by atoms with Crippen LogP contribution in [0.3, 0.4) is 0 Å². The molecule has 6 heteroatoms. The molecule has 2 aromatic rings. The van der Waals surface area contributed by atoms with Gasteiger partial charge in [-0.25, -0.2) is 9.98 Å². The maximum absolute atomic E-state index is 8.69. The van der Waals surface area contributed by atoms with E-state index in [1.54, 1.807) is 0 Å². The van der Waals surface area contributed by atoms with Gasteiger partial charge in [0.05, 0.1) is 25.0 Å². The molecule has 2 rings (SSSR count). The lowest BCUT2D eigenvalue weighted by atomic mass is 10.2. The zero-order chi connectivity index (χ0) is 23.0. The first-order valence-corrected chi connectivity index (χ1v) is 11.1. The average molecular weight is 431 g/mol. The standard InChI is InChI=1S/C26H32N6/c1-31(19-5-15-27)25-11-7-23(8-12-25)21-29-17-3-4-18-30-22-24-9-13-26(14-10-24)32(2)20-6-16-28/h7-14,21-22H,3-6,17-20H2,1-2H3/p+2. The molecule has 0 spiro atoms. The van der Waals surface area contributed by atoms with Gasteiger partial charge in [-0.1, -0.05) is 0 Å². The molecule has 0 aromatic heterocycles. The molecule has 0 atom stereocenters. The van der Waals surface area contributed by atoms with Crippen molar-refractivity contribution in [1.29, 1.82) is 10.5 Å². The summed E-state index contributed by atoms with van der Waals surface area (Å²) in [6.45, 7) is 3.37. The molecule has 0 saturated heterocycles. The molecule has 0 unspecified atom stereocenters. The molecular formula is C26H34N6+2. The van der Waals surface area contributed by atoms with Crippen LogP contribution in [0.15, 0.2) is 48.5 Å². The Hall–Kier alpha value is -3.64. The minimum absolute atomic E-state index is 0.534. The molecule has 6 nitrogen and oxygen atoms in total. The summed E-state index contributed by atoms with van der Waals surface area (Å²) >= 11 is 0. The van der Waals surface area contributed by atoms with E-state index in [0.717, 1.165) is 61.5 Å². The van der Waals surface area contributed by atoms with Gasteiger partial charge >= 0.3 is 0 Å². The van der Waals surface area contributed by atoms with Gasteiger partial charge in [-0.2, -0.15) is 10.5 Å². The van der Waals surface area contributed by atoms with Crippen LogP contribution in [0.5, 0.6) is 0 Å². The van der Waals surface area contributed by atoms with Crippen LogP contribution < -0.4 is 19.8 Å². The molecule has 0 aliphatic carbocycles. The summed E-state index contributed by atoms with van der Waals surface area (Å²) in [5, 5.41) is 17.4. The molecule has 32 heavy (non-hydrogen) atoms. The number of anilines is 2. The van der Waals surface area contributed by atoms with E-state index in [1.807, 2.05) is 26.5 Å². The Labute approximate surface area is 192 Å². The maximum atomic E-state index is 8.69. The van der Waals surface area contributed by atoms with E-state index < -0.39 is 0 Å². The molecule has 0 bridgehead atoms. The van der Waals surface area contributed by atoms with Crippen molar-refractivity contribution in [2.24, 2.45) is 0 Å². The van der Waals surface area contributed by atoms with Crippen molar-refractivity contribution in [3.8, 4) is 12.1 Å². The topological polar surface area (TPSA) is 82.0 Å². The predicted octanol–water partition coefficient (Wildman–Crippen LogP) is 0.866. The lowest BCUT2D eigenvalue weighted by Crippen LogP contribution is -2.71. The maximum Gasteiger partial charge on any atom is 0.169 e. The minimum atomic E-state index is 0.534. The molecule has 0 fully saturated rings. The number of hydrogen-bond acceptors (Lipinski definition) is 4. The molecule has 0 saturated carbocycles. The first-order valence-electron chi connectivity index (χ1n) is 11.1. The molecule has 2 aromatic carbocycles. The van der Waals surface area contributed by atoms with Crippen LogP contribution in [0.25, 0.3) is 0 Å². The smallest absolute Gasteiger partial charge is 0.169 e. The molecule has 0 heterocycles. The highest BCUT2D eigenvalue weighted by Crippen LogP contribution is 2.13. The van der Waals surface area contributed by atoms with Gasteiger partial charge in [-0.3, -0.25) is 0 Å². The monoisotopic (exact) mass is 430 g/mol. The van der Waals surface area contributed by atoms with Gasteiger partial charge in [0.15, 0.2) is 12.4 Å². The summed E-state index contributed by atoms with van der Waals surface area (Å²) in [6, 6.07) is 21.1. The van der Waals surface area contributed by atoms with Gasteiger partial charge in [-0.15, -0.1) is 0 Å². The average Bonchev–Trinajstić information content (AvgIpc) is 2.83. The third-order valence-corrected chi connectivity index (χ3v) is 5.22. The Balaban J connectivity index is 1.64. The summed E-state index contributed by atoms with van der Waals surface area (Å²) in [7, 11) is 4.01. The summed E-state index contributed by atoms with van der Waals surface area (Å²) in [5.41, 5.74) is 4.55. The van der Waals surface area contributed by atoms with Crippen molar-refractivity contribution in [2.75, 3.05) is 50.1 Å². The fraction of sp³-hybridized carbons (Fsp3) is 0.385. The van der Waals surface area contributed by atoms with E-state index in [-0.39, 0.29) is 0 Å². The summed E-state index contributed by atoms with van der Waals surface area (Å²) in [6.07, 6.45) is 7.35. The lowest BCUT2D eigenvalue weighted by molar-refractivity contribution is -0.465. The number of nitrogens with zero attached hydrogens (tertiary/aromatic N) is 4. The van der Waals surface area contributed by atoms with Crippen molar-refractivity contribution < 1.29 is 9.98 Å². The molecule has 166 valence electrons. The highest BCUT2D eigenvalue weighted by molar-refractivity contribution is 5.76. The first kappa shape index (κ1) is 24.6. The zero-order valence-electron chi connectivity index (χ0n) is 19.2. The Morgan fingerprint density at radius 3 is 1.41 bits per heavy atom. The fourth-order valence-corrected chi connectivity index (χ4v) is 3.18. The van der Waals surface area contributed by atoms with Crippen LogP contribution in [-0.4, -0.2) is 52.7 Å². The summed E-state index contributed by atoms with van der Waals surface area (Å²) < 4.78 is 0. The molecule has 0 aliphatic heterocycles. The SMILES string of the molecule is CN(CCC#N)c1ccc(C=[NH+]CCCC[NH+]=Cc2ccc(N(C)CCC#N)cc2)cc1. The van der Waals surface area contributed by atoms with E-state index in [4.69, 9.17) is 10.5 Å². The van der Waals surface area contributed by atoms with Gasteiger partial charge < -0.3 is 9.80 Å². The predicted molar refractivity (Wildman–Crippen MR) is 131 cm³/mol. The number of rotatable bonds is 13. The van der Waals surface area contributed by atoms with Crippen molar-refractivity contribution in [3.63, 3.8) is 0 Å². The number of nitriles is 2. The van der Waals surface area contributed by atoms with Crippen LogP contribution in [0.4, 0.5) is 11.4 Å². The molecule has 0 aliphatic rings. The number of benzene rings is 2. The second kappa shape index (κ2) is 14.4. The quantitative estimate of drug-likeness (QED) is 0.365. The fourth-order valence-electron chi connectivity index (χ4n) is 3.18. The van der Waals surface area contributed by atoms with Gasteiger partial charge in [-0.05, 0) is 48.5 Å². The van der Waals surface area contributed by atoms with Crippen molar-refractivity contribution in [2.45, 2.75) is 25.7 Å².